The van der Waals surface area contributed by atoms with E-state index in [1.807, 2.05) is 13.8 Å². The minimum Gasteiger partial charge on any atom is -0.407 e. The van der Waals surface area contributed by atoms with Gasteiger partial charge in [-0.05, 0) is 13.5 Å². The van der Waals surface area contributed by atoms with Crippen LogP contribution >= 0.6 is 0 Å². The molecule has 90 valence electrons. The van der Waals surface area contributed by atoms with E-state index in [0.29, 0.717) is 25.0 Å². The van der Waals surface area contributed by atoms with Crippen LogP contribution in [-0.2, 0) is 11.3 Å². The first-order valence-corrected chi connectivity index (χ1v) is 5.23. The van der Waals surface area contributed by atoms with Crippen molar-refractivity contribution in [3.8, 4) is 0 Å². The summed E-state index contributed by atoms with van der Waals surface area (Å²) >= 11 is 0. The lowest BCUT2D eigenvalue weighted by molar-refractivity contribution is -0.116. The van der Waals surface area contributed by atoms with Crippen molar-refractivity contribution in [1.82, 2.24) is 15.5 Å². The van der Waals surface area contributed by atoms with Crippen molar-refractivity contribution < 1.29 is 9.21 Å². The van der Waals surface area contributed by atoms with E-state index in [4.69, 9.17) is 10.2 Å². The summed E-state index contributed by atoms with van der Waals surface area (Å²) < 4.78 is 5.37. The highest BCUT2D eigenvalue weighted by Crippen LogP contribution is 2.11. The molecule has 0 spiro atoms. The van der Waals surface area contributed by atoms with Gasteiger partial charge in [-0.15, -0.1) is 5.10 Å². The summed E-state index contributed by atoms with van der Waals surface area (Å²) in [5.74, 6) is 0.0769. The smallest absolute Gasteiger partial charge is 0.318 e. The predicted octanol–water partition coefficient (Wildman–Crippen LogP) is -0.509. The average molecular weight is 227 g/mol. The van der Waals surface area contributed by atoms with Crippen molar-refractivity contribution in [2.24, 2.45) is 5.73 Å². The number of amides is 1. The molecule has 0 aliphatic rings. The minimum absolute atomic E-state index is 0.0827. The molecular formula is C9H17N5O2. The zero-order valence-electron chi connectivity index (χ0n) is 9.56. The Kier molecular flexibility index (Phi) is 4.71. The number of hydrogen-bond donors (Lipinski definition) is 2. The third kappa shape index (κ3) is 3.50. The number of anilines is 1. The molecule has 0 atom stereocenters. The van der Waals surface area contributed by atoms with Crippen molar-refractivity contribution in [2.45, 2.75) is 20.4 Å². The highest BCUT2D eigenvalue weighted by atomic mass is 16.4. The largest absolute Gasteiger partial charge is 0.407 e. The summed E-state index contributed by atoms with van der Waals surface area (Å²) in [7, 11) is 0. The second kappa shape index (κ2) is 6.06. The van der Waals surface area contributed by atoms with Gasteiger partial charge in [-0.25, -0.2) is 0 Å². The van der Waals surface area contributed by atoms with Crippen LogP contribution in [0.3, 0.4) is 0 Å². The Labute approximate surface area is 94.0 Å². The van der Waals surface area contributed by atoms with Crippen LogP contribution in [0, 0.1) is 0 Å². The number of nitrogens with zero attached hydrogens (tertiary/aromatic N) is 3. The fraction of sp³-hybridized carbons (Fsp3) is 0.667. The molecule has 0 aliphatic heterocycles. The Bertz CT molecular complexity index is 338. The van der Waals surface area contributed by atoms with Gasteiger partial charge in [0.15, 0.2) is 0 Å². The maximum absolute atomic E-state index is 10.8. The number of carbonyl (C=O) groups excluding carboxylic acids is 1. The Hall–Kier alpha value is -1.63. The first kappa shape index (κ1) is 12.4. The number of aromatic nitrogens is 2. The molecule has 1 heterocycles. The molecule has 0 saturated carbocycles. The summed E-state index contributed by atoms with van der Waals surface area (Å²) in [6.45, 7) is 5.90. The quantitative estimate of drug-likeness (QED) is 0.651. The van der Waals surface area contributed by atoms with Gasteiger partial charge in [0, 0.05) is 6.54 Å². The minimum atomic E-state index is -0.423. The molecular weight excluding hydrogens is 210 g/mol. The molecule has 0 unspecified atom stereocenters. The monoisotopic (exact) mass is 227 g/mol. The van der Waals surface area contributed by atoms with Gasteiger partial charge in [-0.3, -0.25) is 4.79 Å². The normalized spacial score (nSPS) is 10.4. The number of hydrogen-bond acceptors (Lipinski definition) is 6. The first-order chi connectivity index (χ1) is 7.67. The van der Waals surface area contributed by atoms with Crippen LogP contribution in [-0.4, -0.2) is 35.7 Å². The zero-order valence-corrected chi connectivity index (χ0v) is 9.56. The van der Waals surface area contributed by atoms with Crippen LogP contribution in [0.15, 0.2) is 4.42 Å². The van der Waals surface area contributed by atoms with Gasteiger partial charge in [-0.1, -0.05) is 12.0 Å². The highest BCUT2D eigenvalue weighted by molar-refractivity contribution is 5.78. The van der Waals surface area contributed by atoms with Gasteiger partial charge < -0.3 is 20.4 Å². The van der Waals surface area contributed by atoms with Crippen LogP contribution in [0.5, 0.6) is 0 Å². The Morgan fingerprint density at radius 3 is 2.81 bits per heavy atom. The van der Waals surface area contributed by atoms with Gasteiger partial charge >= 0.3 is 6.01 Å². The SMILES string of the molecule is CCNCc1nnc(N(CC)CC(N)=O)o1. The van der Waals surface area contributed by atoms with Gasteiger partial charge in [-0.2, -0.15) is 0 Å². The summed E-state index contributed by atoms with van der Waals surface area (Å²) in [6.07, 6.45) is 0. The molecule has 0 saturated heterocycles. The van der Waals surface area contributed by atoms with Crippen molar-refractivity contribution >= 4 is 11.9 Å². The summed E-state index contributed by atoms with van der Waals surface area (Å²) in [4.78, 5) is 12.4. The molecule has 1 amide bonds. The van der Waals surface area contributed by atoms with Crippen molar-refractivity contribution in [1.29, 1.82) is 0 Å². The topological polar surface area (TPSA) is 97.3 Å². The fourth-order valence-corrected chi connectivity index (χ4v) is 1.18. The Morgan fingerprint density at radius 2 is 2.25 bits per heavy atom. The molecule has 1 rings (SSSR count). The Balaban J connectivity index is 2.63. The van der Waals surface area contributed by atoms with Crippen LogP contribution in [0.2, 0.25) is 0 Å². The van der Waals surface area contributed by atoms with Crippen LogP contribution in [0.4, 0.5) is 6.01 Å². The Morgan fingerprint density at radius 1 is 1.50 bits per heavy atom. The maximum atomic E-state index is 10.8. The highest BCUT2D eigenvalue weighted by Gasteiger charge is 2.14. The van der Waals surface area contributed by atoms with E-state index in [9.17, 15) is 4.79 Å². The number of carbonyl (C=O) groups is 1. The molecule has 1 aromatic rings. The summed E-state index contributed by atoms with van der Waals surface area (Å²) in [5, 5.41) is 10.8. The van der Waals surface area contributed by atoms with Crippen molar-refractivity contribution in [2.75, 3.05) is 24.5 Å². The molecule has 0 fully saturated rings. The number of primary amides is 1. The van der Waals surface area contributed by atoms with Crippen molar-refractivity contribution in [3.05, 3.63) is 5.89 Å². The van der Waals surface area contributed by atoms with E-state index in [1.54, 1.807) is 4.90 Å². The van der Waals surface area contributed by atoms with E-state index in [0.717, 1.165) is 6.54 Å². The fourth-order valence-electron chi connectivity index (χ4n) is 1.18. The van der Waals surface area contributed by atoms with E-state index < -0.39 is 5.91 Å². The molecule has 0 aliphatic carbocycles. The average Bonchev–Trinajstić information content (AvgIpc) is 2.71. The van der Waals surface area contributed by atoms with E-state index in [2.05, 4.69) is 15.5 Å². The molecule has 0 bridgehead atoms. The number of likely N-dealkylation sites (N-methyl/N-ethyl adjacent to an activating group) is 1. The lowest BCUT2D eigenvalue weighted by Crippen LogP contribution is -2.33. The predicted molar refractivity (Wildman–Crippen MR) is 58.8 cm³/mol. The van der Waals surface area contributed by atoms with Gasteiger partial charge in [0.05, 0.1) is 6.54 Å². The number of nitrogens with one attached hydrogen (secondary N) is 1. The molecule has 16 heavy (non-hydrogen) atoms. The molecule has 7 nitrogen and oxygen atoms in total. The number of rotatable bonds is 7. The molecule has 1 aromatic heterocycles. The van der Waals surface area contributed by atoms with Crippen molar-refractivity contribution in [3.63, 3.8) is 0 Å². The maximum Gasteiger partial charge on any atom is 0.318 e. The lowest BCUT2D eigenvalue weighted by Gasteiger charge is -2.14. The second-order valence-electron chi connectivity index (χ2n) is 3.24. The van der Waals surface area contributed by atoms with Gasteiger partial charge in [0.2, 0.25) is 11.8 Å². The lowest BCUT2D eigenvalue weighted by atomic mass is 10.5. The third-order valence-electron chi connectivity index (χ3n) is 1.98. The number of nitrogens with two attached hydrogens (primary N) is 1. The molecule has 0 radical (unpaired) electrons. The van der Waals surface area contributed by atoms with Crippen LogP contribution < -0.4 is 16.0 Å². The van der Waals surface area contributed by atoms with Crippen LogP contribution in [0.25, 0.3) is 0 Å². The second-order valence-corrected chi connectivity index (χ2v) is 3.24. The summed E-state index contributed by atoms with van der Waals surface area (Å²) in [5.41, 5.74) is 5.11. The van der Waals surface area contributed by atoms with E-state index in [-0.39, 0.29) is 6.54 Å². The molecule has 7 heteroatoms. The zero-order chi connectivity index (χ0) is 12.0. The molecule has 0 aromatic carbocycles. The first-order valence-electron chi connectivity index (χ1n) is 5.23. The third-order valence-corrected chi connectivity index (χ3v) is 1.98. The van der Waals surface area contributed by atoms with E-state index >= 15 is 0 Å². The van der Waals surface area contributed by atoms with Crippen LogP contribution in [0.1, 0.15) is 19.7 Å². The van der Waals surface area contributed by atoms with Gasteiger partial charge in [0.25, 0.3) is 0 Å². The van der Waals surface area contributed by atoms with Gasteiger partial charge in [0.1, 0.15) is 6.54 Å². The standard InChI is InChI=1S/C9H17N5O2/c1-3-11-5-8-12-13-9(16-8)14(4-2)6-7(10)15/h11H,3-6H2,1-2H3,(H2,10,15). The summed E-state index contributed by atoms with van der Waals surface area (Å²) in [6, 6.07) is 0.328. The van der Waals surface area contributed by atoms with E-state index in [1.165, 1.54) is 0 Å². The molecule has 3 N–H and O–H groups in total.